The van der Waals surface area contributed by atoms with Crippen molar-refractivity contribution in [3.63, 3.8) is 0 Å². The van der Waals surface area contributed by atoms with Gasteiger partial charge in [0.1, 0.15) is 11.2 Å². The highest BCUT2D eigenvalue weighted by Gasteiger charge is 2.17. The maximum atomic E-state index is 12.6. The molecule has 166 valence electrons. The van der Waals surface area contributed by atoms with Gasteiger partial charge in [0.2, 0.25) is 5.91 Å². The molecule has 0 saturated carbocycles. The van der Waals surface area contributed by atoms with Crippen molar-refractivity contribution in [3.05, 3.63) is 70.3 Å². The first-order valence-electron chi connectivity index (χ1n) is 10.4. The van der Waals surface area contributed by atoms with Crippen molar-refractivity contribution in [2.45, 2.75) is 25.9 Å². The standard InChI is InChI=1S/C25H25NO6/c1-15-18(8-9-24(28)26-12-17(27)13-30-2)25(29)32-23-11-22-20(10-19(15)23)21(14-31-22)16-6-4-3-5-7-16/h3-7,10-11,14,17,27H,8-9,12-13H2,1-2H3,(H,26,28)/t17-/m1/s1. The SMILES string of the molecule is COC[C@H](O)CNC(=O)CCc1c(C)c2cc3c(-c4ccccc4)coc3cc2oc1=O. The second-order valence-corrected chi connectivity index (χ2v) is 7.77. The molecule has 2 N–H and O–H groups in total. The fourth-order valence-corrected chi connectivity index (χ4v) is 3.85. The van der Waals surface area contributed by atoms with E-state index in [1.54, 1.807) is 12.3 Å². The summed E-state index contributed by atoms with van der Waals surface area (Å²) in [5.74, 6) is -0.254. The third-order valence-corrected chi connectivity index (χ3v) is 5.56. The Labute approximate surface area is 184 Å². The summed E-state index contributed by atoms with van der Waals surface area (Å²) >= 11 is 0. The fraction of sp³-hybridized carbons (Fsp3) is 0.280. The highest BCUT2D eigenvalue weighted by atomic mass is 16.5. The van der Waals surface area contributed by atoms with E-state index < -0.39 is 11.7 Å². The Bertz CT molecular complexity index is 1310. The smallest absolute Gasteiger partial charge is 0.339 e. The quantitative estimate of drug-likeness (QED) is 0.410. The molecule has 4 aromatic rings. The number of hydrogen-bond acceptors (Lipinski definition) is 6. The van der Waals surface area contributed by atoms with Gasteiger partial charge >= 0.3 is 5.63 Å². The molecule has 0 bridgehead atoms. The molecule has 0 spiro atoms. The lowest BCUT2D eigenvalue weighted by Crippen LogP contribution is -2.34. The number of hydrogen-bond donors (Lipinski definition) is 2. The Balaban J connectivity index is 1.62. The number of ether oxygens (including phenoxy) is 1. The highest BCUT2D eigenvalue weighted by molar-refractivity contribution is 6.02. The van der Waals surface area contributed by atoms with Crippen LogP contribution in [0.4, 0.5) is 0 Å². The van der Waals surface area contributed by atoms with Crippen LogP contribution in [0.2, 0.25) is 0 Å². The number of carbonyl (C=O) groups is 1. The first kappa shape index (κ1) is 21.8. The van der Waals surface area contributed by atoms with Crippen LogP contribution in [0.15, 0.2) is 62.4 Å². The molecule has 0 unspecified atom stereocenters. The van der Waals surface area contributed by atoms with Crippen LogP contribution in [0.3, 0.4) is 0 Å². The van der Waals surface area contributed by atoms with Crippen molar-refractivity contribution >= 4 is 27.8 Å². The predicted molar refractivity (Wildman–Crippen MR) is 122 cm³/mol. The normalized spacial score (nSPS) is 12.3. The molecule has 0 saturated heterocycles. The van der Waals surface area contributed by atoms with Gasteiger partial charge in [-0.05, 0) is 30.5 Å². The Morgan fingerprint density at radius 2 is 1.94 bits per heavy atom. The molecule has 0 aliphatic rings. The minimum atomic E-state index is -0.771. The molecule has 4 rings (SSSR count). The Morgan fingerprint density at radius 3 is 2.69 bits per heavy atom. The second-order valence-electron chi connectivity index (χ2n) is 7.77. The number of rotatable bonds is 8. The molecule has 0 radical (unpaired) electrons. The van der Waals surface area contributed by atoms with Gasteiger partial charge in [0.25, 0.3) is 0 Å². The molecule has 0 aliphatic heterocycles. The lowest BCUT2D eigenvalue weighted by atomic mass is 9.99. The van der Waals surface area contributed by atoms with E-state index in [0.717, 1.165) is 27.5 Å². The van der Waals surface area contributed by atoms with E-state index in [9.17, 15) is 14.7 Å². The molecule has 2 heterocycles. The summed E-state index contributed by atoms with van der Waals surface area (Å²) in [6.07, 6.45) is 1.29. The van der Waals surface area contributed by atoms with Crippen molar-refractivity contribution in [2.75, 3.05) is 20.3 Å². The van der Waals surface area contributed by atoms with E-state index in [1.165, 1.54) is 7.11 Å². The molecule has 7 heteroatoms. The summed E-state index contributed by atoms with van der Waals surface area (Å²) in [6.45, 7) is 2.10. The van der Waals surface area contributed by atoms with Gasteiger partial charge in [-0.15, -0.1) is 0 Å². The molecule has 0 fully saturated rings. The number of carbonyl (C=O) groups excluding carboxylic acids is 1. The summed E-state index contributed by atoms with van der Waals surface area (Å²) < 4.78 is 16.1. The molecule has 32 heavy (non-hydrogen) atoms. The van der Waals surface area contributed by atoms with Gasteiger partial charge in [0.05, 0.1) is 19.0 Å². The molecule has 7 nitrogen and oxygen atoms in total. The molecule has 1 atom stereocenters. The number of amides is 1. The minimum Gasteiger partial charge on any atom is -0.464 e. The first-order chi connectivity index (χ1) is 15.5. The topological polar surface area (TPSA) is 102 Å². The zero-order chi connectivity index (χ0) is 22.7. The zero-order valence-electron chi connectivity index (χ0n) is 18.0. The first-order valence-corrected chi connectivity index (χ1v) is 10.4. The second kappa shape index (κ2) is 9.38. The molecule has 2 aromatic carbocycles. The largest absolute Gasteiger partial charge is 0.464 e. The van der Waals surface area contributed by atoms with Crippen LogP contribution < -0.4 is 10.9 Å². The van der Waals surface area contributed by atoms with E-state index in [-0.39, 0.29) is 31.9 Å². The van der Waals surface area contributed by atoms with E-state index in [4.69, 9.17) is 13.6 Å². The van der Waals surface area contributed by atoms with Crippen LogP contribution in [-0.4, -0.2) is 37.4 Å². The van der Waals surface area contributed by atoms with Crippen molar-refractivity contribution in [2.24, 2.45) is 0 Å². The zero-order valence-corrected chi connectivity index (χ0v) is 18.0. The van der Waals surface area contributed by atoms with E-state index in [1.807, 2.05) is 43.3 Å². The highest BCUT2D eigenvalue weighted by Crippen LogP contribution is 2.34. The van der Waals surface area contributed by atoms with Gasteiger partial charge in [-0.1, -0.05) is 30.3 Å². The van der Waals surface area contributed by atoms with Gasteiger partial charge in [-0.3, -0.25) is 4.79 Å². The molecule has 1 amide bonds. The van der Waals surface area contributed by atoms with Gasteiger partial charge < -0.3 is 24.0 Å². The van der Waals surface area contributed by atoms with Crippen molar-refractivity contribution in [1.82, 2.24) is 5.32 Å². The number of aliphatic hydroxyl groups excluding tert-OH is 1. The molecular formula is C25H25NO6. The molecular weight excluding hydrogens is 410 g/mol. The van der Waals surface area contributed by atoms with Gasteiger partial charge in [-0.25, -0.2) is 4.79 Å². The Kier molecular flexibility index (Phi) is 6.39. The molecule has 2 aromatic heterocycles. The van der Waals surface area contributed by atoms with Crippen LogP contribution in [0.5, 0.6) is 0 Å². The summed E-state index contributed by atoms with van der Waals surface area (Å²) in [5.41, 5.74) is 3.87. The third kappa shape index (κ3) is 4.44. The van der Waals surface area contributed by atoms with Gasteiger partial charge in [0, 0.05) is 48.0 Å². The Morgan fingerprint density at radius 1 is 1.16 bits per heavy atom. The van der Waals surface area contributed by atoms with E-state index >= 15 is 0 Å². The van der Waals surface area contributed by atoms with Crippen LogP contribution in [0.1, 0.15) is 17.5 Å². The summed E-state index contributed by atoms with van der Waals surface area (Å²) in [7, 11) is 1.48. The number of fused-ring (bicyclic) bond motifs is 2. The fourth-order valence-electron chi connectivity index (χ4n) is 3.85. The van der Waals surface area contributed by atoms with Crippen LogP contribution in [-0.2, 0) is 16.0 Å². The maximum Gasteiger partial charge on any atom is 0.339 e. The number of benzene rings is 2. The van der Waals surface area contributed by atoms with Gasteiger partial charge in [0.15, 0.2) is 0 Å². The van der Waals surface area contributed by atoms with Crippen LogP contribution in [0.25, 0.3) is 33.1 Å². The van der Waals surface area contributed by atoms with Crippen molar-refractivity contribution < 1.29 is 23.5 Å². The van der Waals surface area contributed by atoms with E-state index in [0.29, 0.717) is 16.7 Å². The number of aryl methyl sites for hydroxylation is 1. The lowest BCUT2D eigenvalue weighted by molar-refractivity contribution is -0.121. The number of nitrogens with one attached hydrogen (secondary N) is 1. The van der Waals surface area contributed by atoms with Gasteiger partial charge in [-0.2, -0.15) is 0 Å². The van der Waals surface area contributed by atoms with Crippen molar-refractivity contribution in [3.8, 4) is 11.1 Å². The van der Waals surface area contributed by atoms with Crippen LogP contribution >= 0.6 is 0 Å². The molecule has 0 aliphatic carbocycles. The van der Waals surface area contributed by atoms with Crippen LogP contribution in [0, 0.1) is 6.92 Å². The summed E-state index contributed by atoms with van der Waals surface area (Å²) in [6, 6.07) is 13.6. The summed E-state index contributed by atoms with van der Waals surface area (Å²) in [5, 5.41) is 14.0. The number of methoxy groups -OCH3 is 1. The Hall–Kier alpha value is -3.42. The van der Waals surface area contributed by atoms with Crippen molar-refractivity contribution in [1.29, 1.82) is 0 Å². The predicted octanol–water partition coefficient (Wildman–Crippen LogP) is 3.57. The third-order valence-electron chi connectivity index (χ3n) is 5.56. The monoisotopic (exact) mass is 435 g/mol. The minimum absolute atomic E-state index is 0.0959. The number of furan rings is 1. The lowest BCUT2D eigenvalue weighted by Gasteiger charge is -2.11. The average molecular weight is 435 g/mol. The van der Waals surface area contributed by atoms with E-state index in [2.05, 4.69) is 5.32 Å². The summed E-state index contributed by atoms with van der Waals surface area (Å²) in [4.78, 5) is 24.7. The maximum absolute atomic E-state index is 12.6. The number of aliphatic hydroxyl groups is 1. The average Bonchev–Trinajstić information content (AvgIpc) is 3.20.